The van der Waals surface area contributed by atoms with Gasteiger partial charge < -0.3 is 10.4 Å². The number of anilines is 1. The molecule has 0 saturated heterocycles. The van der Waals surface area contributed by atoms with Gasteiger partial charge in [0.25, 0.3) is 0 Å². The van der Waals surface area contributed by atoms with Crippen molar-refractivity contribution in [3.05, 3.63) is 29.3 Å². The zero-order valence-electron chi connectivity index (χ0n) is 12.5. The lowest BCUT2D eigenvalue weighted by Gasteiger charge is -2.27. The third-order valence-corrected chi connectivity index (χ3v) is 3.02. The lowest BCUT2D eigenvalue weighted by molar-refractivity contribution is -0.137. The smallest absolute Gasteiger partial charge is 0.305 e. The Labute approximate surface area is 120 Å². The SMILES string of the molecule is Cc1cccc(C#N)c1NC(CC(=O)O)CC(C)(C)C. The first-order chi connectivity index (χ1) is 9.23. The van der Waals surface area contributed by atoms with E-state index in [2.05, 4.69) is 32.2 Å². The van der Waals surface area contributed by atoms with E-state index in [1.165, 1.54) is 0 Å². The summed E-state index contributed by atoms with van der Waals surface area (Å²) < 4.78 is 0. The van der Waals surface area contributed by atoms with Crippen LogP contribution in [0.2, 0.25) is 0 Å². The Morgan fingerprint density at radius 3 is 2.60 bits per heavy atom. The number of rotatable bonds is 5. The van der Waals surface area contributed by atoms with E-state index in [1.807, 2.05) is 19.1 Å². The van der Waals surface area contributed by atoms with Crippen LogP contribution in [0, 0.1) is 23.7 Å². The number of aliphatic carboxylic acids is 1. The number of hydrogen-bond acceptors (Lipinski definition) is 3. The minimum atomic E-state index is -0.834. The first kappa shape index (κ1) is 16.0. The number of carboxylic acids is 1. The van der Waals surface area contributed by atoms with Crippen molar-refractivity contribution >= 4 is 11.7 Å². The molecule has 0 aromatic heterocycles. The van der Waals surface area contributed by atoms with Crippen molar-refractivity contribution in [1.82, 2.24) is 0 Å². The van der Waals surface area contributed by atoms with Gasteiger partial charge in [-0.25, -0.2) is 0 Å². The minimum Gasteiger partial charge on any atom is -0.481 e. The van der Waals surface area contributed by atoms with Gasteiger partial charge in [0.1, 0.15) is 6.07 Å². The highest BCUT2D eigenvalue weighted by Gasteiger charge is 2.22. The van der Waals surface area contributed by atoms with Gasteiger partial charge in [-0.3, -0.25) is 4.79 Å². The van der Waals surface area contributed by atoms with Crippen LogP contribution in [-0.4, -0.2) is 17.1 Å². The van der Waals surface area contributed by atoms with E-state index in [-0.39, 0.29) is 17.9 Å². The number of benzene rings is 1. The van der Waals surface area contributed by atoms with Crippen LogP contribution in [0.25, 0.3) is 0 Å². The molecule has 4 heteroatoms. The summed E-state index contributed by atoms with van der Waals surface area (Å²) in [5.41, 5.74) is 2.26. The van der Waals surface area contributed by atoms with Gasteiger partial charge in [-0.05, 0) is 30.4 Å². The molecule has 0 aliphatic carbocycles. The summed E-state index contributed by atoms with van der Waals surface area (Å²) in [5, 5.41) is 21.5. The normalized spacial score (nSPS) is 12.6. The van der Waals surface area contributed by atoms with Crippen LogP contribution in [0.1, 0.15) is 44.7 Å². The third-order valence-electron chi connectivity index (χ3n) is 3.02. The van der Waals surface area contributed by atoms with Crippen LogP contribution in [-0.2, 0) is 4.79 Å². The Bertz CT molecular complexity index is 524. The van der Waals surface area contributed by atoms with Crippen molar-refractivity contribution < 1.29 is 9.90 Å². The van der Waals surface area contributed by atoms with Crippen LogP contribution in [0.5, 0.6) is 0 Å². The van der Waals surface area contributed by atoms with E-state index in [9.17, 15) is 4.79 Å². The molecule has 1 atom stereocenters. The highest BCUT2D eigenvalue weighted by Crippen LogP contribution is 2.27. The molecule has 2 N–H and O–H groups in total. The second kappa shape index (κ2) is 6.42. The number of para-hydroxylation sites is 1. The summed E-state index contributed by atoms with van der Waals surface area (Å²) >= 11 is 0. The zero-order chi connectivity index (χ0) is 15.3. The molecule has 0 radical (unpaired) electrons. The Kier molecular flexibility index (Phi) is 5.15. The quantitative estimate of drug-likeness (QED) is 0.861. The van der Waals surface area contributed by atoms with Crippen LogP contribution < -0.4 is 5.32 Å². The Hall–Kier alpha value is -2.02. The third kappa shape index (κ3) is 4.93. The van der Waals surface area contributed by atoms with Gasteiger partial charge in [0.05, 0.1) is 17.7 Å². The van der Waals surface area contributed by atoms with Gasteiger partial charge in [-0.15, -0.1) is 0 Å². The van der Waals surface area contributed by atoms with E-state index < -0.39 is 5.97 Å². The molecule has 1 aromatic rings. The number of hydrogen-bond donors (Lipinski definition) is 2. The fraction of sp³-hybridized carbons (Fsp3) is 0.500. The predicted octanol–water partition coefficient (Wildman–Crippen LogP) is 3.56. The summed E-state index contributed by atoms with van der Waals surface area (Å²) in [7, 11) is 0. The first-order valence-electron chi connectivity index (χ1n) is 6.71. The molecular weight excluding hydrogens is 252 g/mol. The summed E-state index contributed by atoms with van der Waals surface area (Å²) in [6.07, 6.45) is 0.759. The standard InChI is InChI=1S/C16H22N2O2/c1-11-6-5-7-12(10-17)15(11)18-13(8-14(19)20)9-16(2,3)4/h5-7,13,18H,8-9H2,1-4H3,(H,19,20). The lowest BCUT2D eigenvalue weighted by Crippen LogP contribution is -2.29. The van der Waals surface area contributed by atoms with Crippen molar-refractivity contribution in [2.75, 3.05) is 5.32 Å². The van der Waals surface area contributed by atoms with Crippen molar-refractivity contribution in [3.63, 3.8) is 0 Å². The number of nitriles is 1. The number of aryl methyl sites for hydroxylation is 1. The van der Waals surface area contributed by atoms with Crippen molar-refractivity contribution in [3.8, 4) is 6.07 Å². The molecule has 4 nitrogen and oxygen atoms in total. The number of carboxylic acid groups (broad SMARTS) is 1. The van der Waals surface area contributed by atoms with E-state index in [4.69, 9.17) is 10.4 Å². The average molecular weight is 274 g/mol. The predicted molar refractivity (Wildman–Crippen MR) is 79.6 cm³/mol. The average Bonchev–Trinajstić information content (AvgIpc) is 2.28. The summed E-state index contributed by atoms with van der Waals surface area (Å²) in [4.78, 5) is 11.0. The molecule has 0 bridgehead atoms. The highest BCUT2D eigenvalue weighted by atomic mass is 16.4. The van der Waals surface area contributed by atoms with Crippen molar-refractivity contribution in [1.29, 1.82) is 5.26 Å². The fourth-order valence-electron chi connectivity index (χ4n) is 2.28. The molecule has 0 aliphatic rings. The van der Waals surface area contributed by atoms with E-state index in [1.54, 1.807) is 6.07 Å². The van der Waals surface area contributed by atoms with Gasteiger partial charge in [-0.1, -0.05) is 32.9 Å². The van der Waals surface area contributed by atoms with E-state index in [0.29, 0.717) is 5.56 Å². The summed E-state index contributed by atoms with van der Waals surface area (Å²) in [6.45, 7) is 8.14. The lowest BCUT2D eigenvalue weighted by atomic mass is 9.86. The van der Waals surface area contributed by atoms with Crippen molar-refractivity contribution in [2.24, 2.45) is 5.41 Å². The fourth-order valence-corrected chi connectivity index (χ4v) is 2.28. The zero-order valence-corrected chi connectivity index (χ0v) is 12.5. The molecule has 108 valence electrons. The molecule has 1 aromatic carbocycles. The van der Waals surface area contributed by atoms with Crippen LogP contribution in [0.4, 0.5) is 5.69 Å². The minimum absolute atomic E-state index is 0.0165. The van der Waals surface area contributed by atoms with E-state index >= 15 is 0 Å². The highest BCUT2D eigenvalue weighted by molar-refractivity contribution is 5.69. The second-order valence-corrected chi connectivity index (χ2v) is 6.31. The maximum Gasteiger partial charge on any atom is 0.305 e. The summed E-state index contributed by atoms with van der Waals surface area (Å²) in [6, 6.07) is 7.44. The molecule has 0 spiro atoms. The molecule has 20 heavy (non-hydrogen) atoms. The second-order valence-electron chi connectivity index (χ2n) is 6.31. The Morgan fingerprint density at radius 1 is 1.45 bits per heavy atom. The maximum absolute atomic E-state index is 11.0. The van der Waals surface area contributed by atoms with Gasteiger partial charge in [0.2, 0.25) is 0 Å². The van der Waals surface area contributed by atoms with Crippen LogP contribution >= 0.6 is 0 Å². The monoisotopic (exact) mass is 274 g/mol. The van der Waals surface area contributed by atoms with Gasteiger partial charge in [-0.2, -0.15) is 5.26 Å². The molecule has 0 aliphatic heterocycles. The molecule has 1 unspecified atom stereocenters. The Balaban J connectivity index is 3.01. The topological polar surface area (TPSA) is 73.1 Å². The maximum atomic E-state index is 11.0. The Morgan fingerprint density at radius 2 is 2.10 bits per heavy atom. The molecule has 1 rings (SSSR count). The van der Waals surface area contributed by atoms with E-state index in [0.717, 1.165) is 17.7 Å². The van der Waals surface area contributed by atoms with Gasteiger partial charge >= 0.3 is 5.97 Å². The number of carbonyl (C=O) groups is 1. The largest absolute Gasteiger partial charge is 0.481 e. The summed E-state index contributed by atoms with van der Waals surface area (Å²) in [5.74, 6) is -0.834. The van der Waals surface area contributed by atoms with Crippen molar-refractivity contribution in [2.45, 2.75) is 46.6 Å². The van der Waals surface area contributed by atoms with Gasteiger partial charge in [0.15, 0.2) is 0 Å². The van der Waals surface area contributed by atoms with Gasteiger partial charge in [0, 0.05) is 6.04 Å². The molecule has 0 heterocycles. The van der Waals surface area contributed by atoms with Crippen LogP contribution in [0.15, 0.2) is 18.2 Å². The molecule has 0 fully saturated rings. The molecular formula is C16H22N2O2. The van der Waals surface area contributed by atoms with Crippen LogP contribution in [0.3, 0.4) is 0 Å². The molecule has 0 amide bonds. The number of nitrogens with zero attached hydrogens (tertiary/aromatic N) is 1. The first-order valence-corrected chi connectivity index (χ1v) is 6.71. The number of nitrogens with one attached hydrogen (secondary N) is 1. The molecule has 0 saturated carbocycles.